The van der Waals surface area contributed by atoms with Crippen LogP contribution in [0.2, 0.25) is 0 Å². The van der Waals surface area contributed by atoms with Gasteiger partial charge in [-0.25, -0.2) is 0 Å². The van der Waals surface area contributed by atoms with Gasteiger partial charge in [0.25, 0.3) is 11.1 Å². The largest absolute Gasteiger partial charge is 0.476 e. The quantitative estimate of drug-likeness (QED) is 0.551. The number of rotatable bonds is 1. The maximum absolute atomic E-state index is 11.6. The van der Waals surface area contributed by atoms with Crippen molar-refractivity contribution in [1.82, 2.24) is 0 Å². The second kappa shape index (κ2) is 5.93. The summed E-state index contributed by atoms with van der Waals surface area (Å²) in [5.74, 6) is -0.379. The molecule has 0 aliphatic heterocycles. The van der Waals surface area contributed by atoms with Crippen LogP contribution in [0.4, 0.5) is 0 Å². The Kier molecular flexibility index (Phi) is 4.55. The summed E-state index contributed by atoms with van der Waals surface area (Å²) in [6.45, 7) is 0. The fourth-order valence-corrected chi connectivity index (χ4v) is 1.35. The van der Waals surface area contributed by atoms with E-state index in [0.29, 0.717) is 16.4 Å². The molecule has 0 heterocycles. The van der Waals surface area contributed by atoms with Crippen LogP contribution < -0.4 is 0 Å². The second-order valence-corrected chi connectivity index (χ2v) is 3.54. The Bertz CT molecular complexity index is 440. The number of carbonyl (C=O) groups is 1. The zero-order valence-corrected chi connectivity index (χ0v) is 9.75. The van der Waals surface area contributed by atoms with Crippen molar-refractivity contribution in [2.24, 2.45) is 4.99 Å². The van der Waals surface area contributed by atoms with Crippen molar-refractivity contribution in [2.75, 3.05) is 13.4 Å². The van der Waals surface area contributed by atoms with Gasteiger partial charge in [-0.05, 0) is 30.5 Å². The summed E-state index contributed by atoms with van der Waals surface area (Å²) in [6.07, 6.45) is 1.77. The third-order valence-corrected chi connectivity index (χ3v) is 2.41. The monoisotopic (exact) mass is 234 g/mol. The second-order valence-electron chi connectivity index (χ2n) is 2.78. The van der Waals surface area contributed by atoms with Crippen LogP contribution in [0.1, 0.15) is 15.9 Å². The summed E-state index contributed by atoms with van der Waals surface area (Å²) in [5.41, 5.74) is 0.944. The van der Waals surface area contributed by atoms with Crippen LogP contribution in [0.25, 0.3) is 0 Å². The molecule has 0 saturated carbocycles. The van der Waals surface area contributed by atoms with E-state index in [2.05, 4.69) is 4.99 Å². The first-order valence-corrected chi connectivity index (χ1v) is 5.65. The first-order valence-electron chi connectivity index (χ1n) is 4.42. The number of hydrogen-bond acceptors (Lipinski definition) is 4. The molecule has 16 heavy (non-hydrogen) atoms. The minimum atomic E-state index is -0.379. The highest BCUT2D eigenvalue weighted by atomic mass is 32.2. The predicted molar refractivity (Wildman–Crippen MR) is 63.4 cm³/mol. The number of nitriles is 1. The zero-order chi connectivity index (χ0) is 12.0. The minimum Gasteiger partial charge on any atom is -0.476 e. The van der Waals surface area contributed by atoms with Crippen LogP contribution >= 0.6 is 11.8 Å². The predicted octanol–water partition coefficient (Wildman–Crippen LogP) is 2.06. The number of hydrogen-bond donors (Lipinski definition) is 0. The van der Waals surface area contributed by atoms with Gasteiger partial charge in [0.2, 0.25) is 0 Å². The lowest BCUT2D eigenvalue weighted by Gasteiger charge is -2.00. The maximum atomic E-state index is 11.6. The number of thioether (sulfide) groups is 1. The van der Waals surface area contributed by atoms with Crippen LogP contribution in [-0.4, -0.2) is 24.5 Å². The Morgan fingerprint density at radius 2 is 2.06 bits per heavy atom. The Labute approximate surface area is 97.9 Å². The summed E-state index contributed by atoms with van der Waals surface area (Å²) in [4.78, 5) is 15.4. The van der Waals surface area contributed by atoms with Crippen LogP contribution in [0, 0.1) is 11.3 Å². The van der Waals surface area contributed by atoms with Crippen molar-refractivity contribution < 1.29 is 9.53 Å². The van der Waals surface area contributed by atoms with Crippen LogP contribution in [0.5, 0.6) is 0 Å². The summed E-state index contributed by atoms with van der Waals surface area (Å²) >= 11 is 1.26. The normalized spacial score (nSPS) is 10.7. The van der Waals surface area contributed by atoms with Crippen LogP contribution in [0.15, 0.2) is 29.3 Å². The van der Waals surface area contributed by atoms with E-state index in [-0.39, 0.29) is 5.91 Å². The zero-order valence-electron chi connectivity index (χ0n) is 8.93. The smallest absolute Gasteiger partial charge is 0.280 e. The maximum Gasteiger partial charge on any atom is 0.280 e. The molecule has 0 atom stereocenters. The Hall–Kier alpha value is -1.80. The standard InChI is InChI=1S/C11H10N2O2S/c1-15-11(16-2)13-10(14)9-5-3-8(7-12)4-6-9/h3-6H,1-2H3. The molecule has 1 rings (SSSR count). The number of carbonyl (C=O) groups excluding carboxylic acids is 1. The van der Waals surface area contributed by atoms with Crippen molar-refractivity contribution in [3.05, 3.63) is 35.4 Å². The molecule has 4 nitrogen and oxygen atoms in total. The third kappa shape index (κ3) is 3.11. The average molecular weight is 234 g/mol. The van der Waals surface area contributed by atoms with Gasteiger partial charge in [-0.15, -0.1) is 0 Å². The molecule has 0 bridgehead atoms. The summed E-state index contributed by atoms with van der Waals surface area (Å²) in [5, 5.41) is 8.92. The van der Waals surface area contributed by atoms with Gasteiger partial charge in [-0.1, -0.05) is 11.8 Å². The van der Waals surface area contributed by atoms with E-state index >= 15 is 0 Å². The molecule has 0 N–H and O–H groups in total. The number of methoxy groups -OCH3 is 1. The average Bonchev–Trinajstić information content (AvgIpc) is 2.35. The van der Waals surface area contributed by atoms with Gasteiger partial charge in [0.05, 0.1) is 18.7 Å². The lowest BCUT2D eigenvalue weighted by atomic mass is 10.1. The summed E-state index contributed by atoms with van der Waals surface area (Å²) < 4.78 is 4.88. The lowest BCUT2D eigenvalue weighted by molar-refractivity contribution is 0.100. The lowest BCUT2D eigenvalue weighted by Crippen LogP contribution is -2.02. The molecular weight excluding hydrogens is 224 g/mol. The van der Waals surface area contributed by atoms with Crippen molar-refractivity contribution in [3.63, 3.8) is 0 Å². The molecule has 0 saturated heterocycles. The third-order valence-electron chi connectivity index (χ3n) is 1.80. The van der Waals surface area contributed by atoms with Crippen LogP contribution in [0.3, 0.4) is 0 Å². The number of aliphatic imine (C=N–C) groups is 1. The van der Waals surface area contributed by atoms with Gasteiger partial charge in [0.1, 0.15) is 0 Å². The number of nitrogens with zero attached hydrogens (tertiary/aromatic N) is 2. The van der Waals surface area contributed by atoms with E-state index in [1.165, 1.54) is 18.9 Å². The van der Waals surface area contributed by atoms with Gasteiger partial charge in [0, 0.05) is 5.56 Å². The highest BCUT2D eigenvalue weighted by molar-refractivity contribution is 8.13. The molecule has 0 aromatic heterocycles. The molecule has 82 valence electrons. The van der Waals surface area contributed by atoms with Gasteiger partial charge in [0.15, 0.2) is 0 Å². The molecule has 0 aliphatic rings. The van der Waals surface area contributed by atoms with Gasteiger partial charge >= 0.3 is 0 Å². The van der Waals surface area contributed by atoms with E-state index in [1.807, 2.05) is 6.07 Å². The highest BCUT2D eigenvalue weighted by Crippen LogP contribution is 2.07. The van der Waals surface area contributed by atoms with Gasteiger partial charge in [-0.2, -0.15) is 10.3 Å². The highest BCUT2D eigenvalue weighted by Gasteiger charge is 2.06. The molecule has 0 spiro atoms. The molecule has 0 fully saturated rings. The minimum absolute atomic E-state index is 0.314. The summed E-state index contributed by atoms with van der Waals surface area (Å²) in [7, 11) is 1.46. The summed E-state index contributed by atoms with van der Waals surface area (Å²) in [6, 6.07) is 8.27. The molecule has 5 heteroatoms. The first kappa shape index (κ1) is 12.3. The molecule has 1 aromatic carbocycles. The van der Waals surface area contributed by atoms with Crippen LogP contribution in [-0.2, 0) is 4.74 Å². The molecule has 1 aromatic rings. The Morgan fingerprint density at radius 1 is 1.44 bits per heavy atom. The van der Waals surface area contributed by atoms with Crippen molar-refractivity contribution in [1.29, 1.82) is 5.26 Å². The van der Waals surface area contributed by atoms with Crippen molar-refractivity contribution in [3.8, 4) is 6.07 Å². The van der Waals surface area contributed by atoms with Gasteiger partial charge in [-0.3, -0.25) is 4.79 Å². The molecule has 0 radical (unpaired) electrons. The van der Waals surface area contributed by atoms with Crippen molar-refractivity contribution >= 4 is 22.9 Å². The van der Waals surface area contributed by atoms with Gasteiger partial charge < -0.3 is 4.74 Å². The fraction of sp³-hybridized carbons (Fsp3) is 0.182. The SMILES string of the molecule is COC(=NC(=O)c1ccc(C#N)cc1)SC. The van der Waals surface area contributed by atoms with E-state index in [0.717, 1.165) is 0 Å². The molecular formula is C11H10N2O2S. The fourth-order valence-electron chi connectivity index (χ4n) is 1.01. The molecule has 0 aliphatic carbocycles. The molecule has 0 unspecified atom stereocenters. The van der Waals surface area contributed by atoms with E-state index < -0.39 is 0 Å². The van der Waals surface area contributed by atoms with E-state index in [1.54, 1.807) is 30.5 Å². The Balaban J connectivity index is 2.89. The topological polar surface area (TPSA) is 62.4 Å². The van der Waals surface area contributed by atoms with Crippen molar-refractivity contribution in [2.45, 2.75) is 0 Å². The first-order chi connectivity index (χ1) is 7.71. The van der Waals surface area contributed by atoms with E-state index in [9.17, 15) is 4.79 Å². The number of amides is 1. The molecule has 1 amide bonds. The Morgan fingerprint density at radius 3 is 2.50 bits per heavy atom. The van der Waals surface area contributed by atoms with E-state index in [4.69, 9.17) is 10.00 Å². The number of benzene rings is 1. The number of ether oxygens (including phenoxy) is 1.